The molecule has 2 amide bonds. The molecule has 2 heterocycles. The number of furan rings is 1. The maximum atomic E-state index is 12.6. The van der Waals surface area contributed by atoms with Crippen LogP contribution in [0.25, 0.3) is 0 Å². The summed E-state index contributed by atoms with van der Waals surface area (Å²) in [5, 5.41) is 5.40. The number of aryl methyl sites for hydroxylation is 1. The smallest absolute Gasteiger partial charge is 0.416 e. The Morgan fingerprint density at radius 2 is 1.90 bits per heavy atom. The Balaban J connectivity index is 1.51. The number of aromatic nitrogens is 1. The summed E-state index contributed by atoms with van der Waals surface area (Å²) in [5.41, 5.74) is 0.347. The van der Waals surface area contributed by atoms with Crippen molar-refractivity contribution in [2.24, 2.45) is 0 Å². The number of hydrogen-bond donors (Lipinski definition) is 2. The van der Waals surface area contributed by atoms with Gasteiger partial charge in [-0.3, -0.25) is 9.59 Å². The molecule has 1 aromatic carbocycles. The molecule has 0 saturated heterocycles. The predicted molar refractivity (Wildman–Crippen MR) is 101 cm³/mol. The molecular formula is C19H16F3N3O3S. The van der Waals surface area contributed by atoms with Crippen LogP contribution in [0, 0.1) is 6.92 Å². The van der Waals surface area contributed by atoms with E-state index >= 15 is 0 Å². The van der Waals surface area contributed by atoms with E-state index in [1.807, 2.05) is 0 Å². The summed E-state index contributed by atoms with van der Waals surface area (Å²) >= 11 is 1.21. The Labute approximate surface area is 167 Å². The van der Waals surface area contributed by atoms with Gasteiger partial charge < -0.3 is 15.1 Å². The standard InChI is InChI=1S/C19H16F3N3O3S/c1-11-15(6-7-28-11)17(27)23-10-16(26)25-18-24-9-14(29-18)8-12-2-4-13(5-3-12)19(20,21)22/h2-7,9H,8,10H2,1H3,(H,23,27)(H,24,25,26). The van der Waals surface area contributed by atoms with Gasteiger partial charge in [0.05, 0.1) is 23.9 Å². The lowest BCUT2D eigenvalue weighted by atomic mass is 10.1. The molecule has 0 unspecified atom stereocenters. The number of halogens is 3. The number of thiazole rings is 1. The van der Waals surface area contributed by atoms with Gasteiger partial charge in [0.15, 0.2) is 5.13 Å². The molecular weight excluding hydrogens is 407 g/mol. The summed E-state index contributed by atoms with van der Waals surface area (Å²) in [4.78, 5) is 28.8. The van der Waals surface area contributed by atoms with Crippen LogP contribution in [0.3, 0.4) is 0 Å². The second-order valence-electron chi connectivity index (χ2n) is 6.12. The normalized spacial score (nSPS) is 11.3. The fourth-order valence-corrected chi connectivity index (χ4v) is 3.36. The number of carbonyl (C=O) groups excluding carboxylic acids is 2. The van der Waals surface area contributed by atoms with E-state index in [1.54, 1.807) is 13.1 Å². The van der Waals surface area contributed by atoms with Crippen LogP contribution in [0.1, 0.15) is 32.1 Å². The van der Waals surface area contributed by atoms with Gasteiger partial charge in [0.25, 0.3) is 5.91 Å². The van der Waals surface area contributed by atoms with Crippen molar-refractivity contribution < 1.29 is 27.2 Å². The first-order valence-electron chi connectivity index (χ1n) is 8.45. The third kappa shape index (κ3) is 5.44. The largest absolute Gasteiger partial charge is 0.469 e. The van der Waals surface area contributed by atoms with Crippen LogP contribution in [-0.4, -0.2) is 23.3 Å². The number of benzene rings is 1. The fraction of sp³-hybridized carbons (Fsp3) is 0.211. The first-order chi connectivity index (χ1) is 13.7. The van der Waals surface area contributed by atoms with Crippen LogP contribution in [-0.2, 0) is 17.4 Å². The number of hydrogen-bond acceptors (Lipinski definition) is 5. The van der Waals surface area contributed by atoms with Gasteiger partial charge in [-0.05, 0) is 30.7 Å². The van der Waals surface area contributed by atoms with E-state index in [2.05, 4.69) is 15.6 Å². The summed E-state index contributed by atoms with van der Waals surface area (Å²) in [6.45, 7) is 1.40. The molecule has 0 aliphatic heterocycles. The summed E-state index contributed by atoms with van der Waals surface area (Å²) in [7, 11) is 0. The zero-order valence-electron chi connectivity index (χ0n) is 15.2. The third-order valence-corrected chi connectivity index (χ3v) is 4.89. The Morgan fingerprint density at radius 3 is 2.52 bits per heavy atom. The Kier molecular flexibility index (Phi) is 6.02. The van der Waals surface area contributed by atoms with E-state index in [0.717, 1.165) is 17.0 Å². The van der Waals surface area contributed by atoms with Crippen molar-refractivity contribution in [3.8, 4) is 0 Å². The highest BCUT2D eigenvalue weighted by Gasteiger charge is 2.29. The van der Waals surface area contributed by atoms with Gasteiger partial charge >= 0.3 is 6.18 Å². The minimum absolute atomic E-state index is 0.239. The molecule has 3 aromatic rings. The molecule has 0 atom stereocenters. The van der Waals surface area contributed by atoms with E-state index in [0.29, 0.717) is 28.4 Å². The molecule has 0 bridgehead atoms. The van der Waals surface area contributed by atoms with Gasteiger partial charge in [-0.15, -0.1) is 11.3 Å². The van der Waals surface area contributed by atoms with Crippen molar-refractivity contribution in [3.63, 3.8) is 0 Å². The van der Waals surface area contributed by atoms with Gasteiger partial charge in [-0.1, -0.05) is 12.1 Å². The Bertz CT molecular complexity index is 1010. The Hall–Kier alpha value is -3.14. The van der Waals surface area contributed by atoms with Gasteiger partial charge in [0.1, 0.15) is 5.76 Å². The second kappa shape index (κ2) is 8.48. The molecule has 6 nitrogen and oxygen atoms in total. The fourth-order valence-electron chi connectivity index (χ4n) is 2.50. The first-order valence-corrected chi connectivity index (χ1v) is 9.27. The van der Waals surface area contributed by atoms with Crippen LogP contribution >= 0.6 is 11.3 Å². The molecule has 0 aliphatic rings. The molecule has 29 heavy (non-hydrogen) atoms. The highest BCUT2D eigenvalue weighted by atomic mass is 32.1. The molecule has 10 heteroatoms. The topological polar surface area (TPSA) is 84.2 Å². The number of rotatable bonds is 6. The van der Waals surface area contributed by atoms with Crippen LogP contribution in [0.4, 0.5) is 18.3 Å². The lowest BCUT2D eigenvalue weighted by Gasteiger charge is -2.07. The number of alkyl halides is 3. The van der Waals surface area contributed by atoms with Crippen molar-refractivity contribution in [2.75, 3.05) is 11.9 Å². The van der Waals surface area contributed by atoms with Crippen molar-refractivity contribution in [1.29, 1.82) is 0 Å². The molecule has 152 valence electrons. The van der Waals surface area contributed by atoms with Crippen molar-refractivity contribution in [3.05, 3.63) is 70.1 Å². The van der Waals surface area contributed by atoms with E-state index in [-0.39, 0.29) is 6.54 Å². The van der Waals surface area contributed by atoms with Crippen LogP contribution < -0.4 is 10.6 Å². The van der Waals surface area contributed by atoms with Crippen LogP contribution in [0.15, 0.2) is 47.2 Å². The number of nitrogens with zero attached hydrogens (tertiary/aromatic N) is 1. The summed E-state index contributed by atoms with van der Waals surface area (Å²) in [6, 6.07) is 6.40. The number of carbonyl (C=O) groups is 2. The highest BCUT2D eigenvalue weighted by Crippen LogP contribution is 2.29. The summed E-state index contributed by atoms with van der Waals surface area (Å²) < 4.78 is 42.9. The number of nitrogens with one attached hydrogen (secondary N) is 2. The zero-order valence-corrected chi connectivity index (χ0v) is 16.0. The van der Waals surface area contributed by atoms with Crippen molar-refractivity contribution in [2.45, 2.75) is 19.5 Å². The quantitative estimate of drug-likeness (QED) is 0.627. The van der Waals surface area contributed by atoms with Crippen molar-refractivity contribution >= 4 is 28.3 Å². The van der Waals surface area contributed by atoms with E-state index in [4.69, 9.17) is 4.42 Å². The Morgan fingerprint density at radius 1 is 1.17 bits per heavy atom. The van der Waals surface area contributed by atoms with Crippen LogP contribution in [0.5, 0.6) is 0 Å². The molecule has 2 N–H and O–H groups in total. The van der Waals surface area contributed by atoms with Crippen molar-refractivity contribution in [1.82, 2.24) is 10.3 Å². The predicted octanol–water partition coefficient (Wildman–Crippen LogP) is 4.02. The van der Waals surface area contributed by atoms with Crippen LogP contribution in [0.2, 0.25) is 0 Å². The second-order valence-corrected chi connectivity index (χ2v) is 7.24. The van der Waals surface area contributed by atoms with Gasteiger partial charge in [-0.2, -0.15) is 13.2 Å². The first kappa shape index (κ1) is 20.6. The van der Waals surface area contributed by atoms with E-state index in [1.165, 1.54) is 35.8 Å². The average Bonchev–Trinajstić information content (AvgIpc) is 3.28. The van der Waals surface area contributed by atoms with E-state index in [9.17, 15) is 22.8 Å². The maximum Gasteiger partial charge on any atom is 0.416 e. The lowest BCUT2D eigenvalue weighted by molar-refractivity contribution is -0.137. The molecule has 0 radical (unpaired) electrons. The van der Waals surface area contributed by atoms with Gasteiger partial charge in [0.2, 0.25) is 5.91 Å². The number of amides is 2. The highest BCUT2D eigenvalue weighted by molar-refractivity contribution is 7.15. The molecule has 0 saturated carbocycles. The van der Waals surface area contributed by atoms with Gasteiger partial charge in [0, 0.05) is 17.5 Å². The van der Waals surface area contributed by atoms with E-state index < -0.39 is 23.6 Å². The molecule has 2 aromatic heterocycles. The summed E-state index contributed by atoms with van der Waals surface area (Å²) in [5.74, 6) is -0.417. The third-order valence-electron chi connectivity index (χ3n) is 3.97. The monoisotopic (exact) mass is 423 g/mol. The molecule has 3 rings (SSSR count). The summed E-state index contributed by atoms with van der Waals surface area (Å²) in [6.07, 6.45) is -1.04. The maximum absolute atomic E-state index is 12.6. The minimum atomic E-state index is -4.37. The lowest BCUT2D eigenvalue weighted by Crippen LogP contribution is -2.32. The average molecular weight is 423 g/mol. The molecule has 0 aliphatic carbocycles. The SMILES string of the molecule is Cc1occc1C(=O)NCC(=O)Nc1ncc(Cc2ccc(C(F)(F)F)cc2)s1. The molecule has 0 spiro atoms. The molecule has 0 fully saturated rings. The minimum Gasteiger partial charge on any atom is -0.469 e. The zero-order chi connectivity index (χ0) is 21.0. The number of anilines is 1. The van der Waals surface area contributed by atoms with Gasteiger partial charge in [-0.25, -0.2) is 4.98 Å².